The number of oxazole rings is 1. The molecule has 0 atom stereocenters. The standard InChI is InChI=1S/C9H6N2O3S/c12-8(13)6-5-14-9(11-6)15-7-3-1-2-4-10-7/h1-5H,(H,12,13). The van der Waals surface area contributed by atoms with Gasteiger partial charge in [-0.2, -0.15) is 4.98 Å². The number of hydrogen-bond donors (Lipinski definition) is 1. The quantitative estimate of drug-likeness (QED) is 0.854. The molecular weight excluding hydrogens is 216 g/mol. The third kappa shape index (κ3) is 2.35. The van der Waals surface area contributed by atoms with Crippen LogP contribution in [0.2, 0.25) is 0 Å². The van der Waals surface area contributed by atoms with E-state index in [0.717, 1.165) is 6.26 Å². The second-order valence-corrected chi connectivity index (χ2v) is 3.55. The molecule has 0 unspecified atom stereocenters. The summed E-state index contributed by atoms with van der Waals surface area (Å²) in [6.45, 7) is 0. The predicted octanol–water partition coefficient (Wildman–Crippen LogP) is 1.92. The number of aromatic nitrogens is 2. The fraction of sp³-hybridized carbons (Fsp3) is 0. The SMILES string of the molecule is O=C(O)c1coc(Sc2ccccn2)n1. The van der Waals surface area contributed by atoms with Crippen LogP contribution in [0.25, 0.3) is 0 Å². The van der Waals surface area contributed by atoms with Gasteiger partial charge in [0.05, 0.1) is 0 Å². The van der Waals surface area contributed by atoms with E-state index in [1.165, 1.54) is 11.8 Å². The molecule has 0 aromatic carbocycles. The van der Waals surface area contributed by atoms with Gasteiger partial charge in [-0.05, 0) is 23.9 Å². The summed E-state index contributed by atoms with van der Waals surface area (Å²) in [4.78, 5) is 18.3. The molecule has 0 amide bonds. The molecule has 0 saturated carbocycles. The van der Waals surface area contributed by atoms with Gasteiger partial charge in [-0.1, -0.05) is 6.07 Å². The van der Waals surface area contributed by atoms with E-state index in [1.807, 2.05) is 6.07 Å². The zero-order valence-electron chi connectivity index (χ0n) is 7.45. The Morgan fingerprint density at radius 2 is 2.33 bits per heavy atom. The van der Waals surface area contributed by atoms with Crippen LogP contribution in [0, 0.1) is 0 Å². The lowest BCUT2D eigenvalue weighted by molar-refractivity contribution is 0.0690. The molecule has 0 aliphatic carbocycles. The minimum atomic E-state index is -1.10. The molecule has 1 N–H and O–H groups in total. The summed E-state index contributed by atoms with van der Waals surface area (Å²) in [5.41, 5.74) is -0.103. The first kappa shape index (κ1) is 9.72. The molecule has 2 rings (SSSR count). The second kappa shape index (κ2) is 4.14. The van der Waals surface area contributed by atoms with Crippen molar-refractivity contribution in [2.24, 2.45) is 0 Å². The molecular formula is C9H6N2O3S. The Bertz CT molecular complexity index is 469. The van der Waals surface area contributed by atoms with Gasteiger partial charge in [0.1, 0.15) is 11.3 Å². The minimum Gasteiger partial charge on any atom is -0.476 e. The summed E-state index contributed by atoms with van der Waals surface area (Å²) in [7, 11) is 0. The number of nitrogens with zero attached hydrogens (tertiary/aromatic N) is 2. The van der Waals surface area contributed by atoms with Crippen LogP contribution in [0.5, 0.6) is 0 Å². The van der Waals surface area contributed by atoms with Crippen LogP contribution in [0.15, 0.2) is 45.3 Å². The highest BCUT2D eigenvalue weighted by Crippen LogP contribution is 2.24. The maximum absolute atomic E-state index is 10.5. The first-order valence-electron chi connectivity index (χ1n) is 4.03. The lowest BCUT2D eigenvalue weighted by Gasteiger charge is -1.92. The Kier molecular flexibility index (Phi) is 2.68. The van der Waals surface area contributed by atoms with Crippen molar-refractivity contribution in [1.82, 2.24) is 9.97 Å². The van der Waals surface area contributed by atoms with Crippen LogP contribution in [0.1, 0.15) is 10.5 Å². The number of aromatic carboxylic acids is 1. The highest BCUT2D eigenvalue weighted by atomic mass is 32.2. The third-order valence-electron chi connectivity index (χ3n) is 1.53. The molecule has 6 heteroatoms. The molecule has 2 aromatic heterocycles. The molecule has 15 heavy (non-hydrogen) atoms. The van der Waals surface area contributed by atoms with E-state index in [9.17, 15) is 4.79 Å². The van der Waals surface area contributed by atoms with Crippen LogP contribution in [0.4, 0.5) is 0 Å². The molecule has 0 saturated heterocycles. The van der Waals surface area contributed by atoms with Crippen LogP contribution in [-0.4, -0.2) is 21.0 Å². The van der Waals surface area contributed by atoms with E-state index in [1.54, 1.807) is 18.3 Å². The Morgan fingerprint density at radius 3 is 2.93 bits per heavy atom. The average molecular weight is 222 g/mol. The van der Waals surface area contributed by atoms with Crippen molar-refractivity contribution in [1.29, 1.82) is 0 Å². The van der Waals surface area contributed by atoms with Gasteiger partial charge < -0.3 is 9.52 Å². The number of carboxylic acid groups (broad SMARTS) is 1. The number of carboxylic acids is 1. The Hall–Kier alpha value is -1.82. The zero-order chi connectivity index (χ0) is 10.7. The van der Waals surface area contributed by atoms with Gasteiger partial charge in [-0.3, -0.25) is 0 Å². The first-order valence-corrected chi connectivity index (χ1v) is 4.85. The van der Waals surface area contributed by atoms with E-state index < -0.39 is 5.97 Å². The second-order valence-electron chi connectivity index (χ2n) is 2.57. The predicted molar refractivity (Wildman–Crippen MR) is 51.8 cm³/mol. The maximum atomic E-state index is 10.5. The van der Waals surface area contributed by atoms with Crippen molar-refractivity contribution >= 4 is 17.7 Å². The molecule has 2 heterocycles. The summed E-state index contributed by atoms with van der Waals surface area (Å²) < 4.78 is 4.96. The lowest BCUT2D eigenvalue weighted by atomic mass is 10.5. The number of rotatable bonds is 3. The lowest BCUT2D eigenvalue weighted by Crippen LogP contribution is -1.95. The number of hydrogen-bond acceptors (Lipinski definition) is 5. The van der Waals surface area contributed by atoms with Gasteiger partial charge in [0, 0.05) is 6.20 Å². The van der Waals surface area contributed by atoms with E-state index in [2.05, 4.69) is 9.97 Å². The fourth-order valence-electron chi connectivity index (χ4n) is 0.899. The van der Waals surface area contributed by atoms with Crippen LogP contribution in [0.3, 0.4) is 0 Å². The van der Waals surface area contributed by atoms with Gasteiger partial charge in [-0.25, -0.2) is 9.78 Å². The molecule has 5 nitrogen and oxygen atoms in total. The number of pyridine rings is 1. The van der Waals surface area contributed by atoms with Crippen LogP contribution < -0.4 is 0 Å². The van der Waals surface area contributed by atoms with Crippen LogP contribution >= 0.6 is 11.8 Å². The van der Waals surface area contributed by atoms with Gasteiger partial charge in [0.25, 0.3) is 5.22 Å². The molecule has 76 valence electrons. The molecule has 0 aliphatic rings. The third-order valence-corrected chi connectivity index (χ3v) is 2.34. The van der Waals surface area contributed by atoms with E-state index in [0.29, 0.717) is 5.03 Å². The van der Waals surface area contributed by atoms with E-state index >= 15 is 0 Å². The van der Waals surface area contributed by atoms with Crippen molar-refractivity contribution in [2.75, 3.05) is 0 Å². The molecule has 0 fully saturated rings. The monoisotopic (exact) mass is 222 g/mol. The summed E-state index contributed by atoms with van der Waals surface area (Å²) in [6, 6.07) is 5.41. The smallest absolute Gasteiger partial charge is 0.357 e. The van der Waals surface area contributed by atoms with E-state index in [4.69, 9.17) is 9.52 Å². The van der Waals surface area contributed by atoms with Crippen molar-refractivity contribution in [3.8, 4) is 0 Å². The van der Waals surface area contributed by atoms with Gasteiger partial charge in [-0.15, -0.1) is 0 Å². The summed E-state index contributed by atoms with van der Waals surface area (Å²) in [6.07, 6.45) is 2.75. The van der Waals surface area contributed by atoms with Gasteiger partial charge in [0.15, 0.2) is 5.69 Å². The molecule has 0 bridgehead atoms. The largest absolute Gasteiger partial charge is 0.476 e. The Balaban J connectivity index is 2.15. The average Bonchev–Trinajstić information content (AvgIpc) is 2.68. The molecule has 0 spiro atoms. The van der Waals surface area contributed by atoms with Gasteiger partial charge in [0.2, 0.25) is 0 Å². The van der Waals surface area contributed by atoms with Crippen LogP contribution in [-0.2, 0) is 0 Å². The van der Waals surface area contributed by atoms with Crippen molar-refractivity contribution < 1.29 is 14.3 Å². The van der Waals surface area contributed by atoms with E-state index in [-0.39, 0.29) is 10.9 Å². The van der Waals surface area contributed by atoms with Crippen molar-refractivity contribution in [2.45, 2.75) is 10.2 Å². The first-order chi connectivity index (χ1) is 7.25. The highest BCUT2D eigenvalue weighted by Gasteiger charge is 2.11. The number of carbonyl (C=O) groups is 1. The summed E-state index contributed by atoms with van der Waals surface area (Å²) >= 11 is 1.17. The summed E-state index contributed by atoms with van der Waals surface area (Å²) in [5.74, 6) is -1.10. The zero-order valence-corrected chi connectivity index (χ0v) is 8.27. The topological polar surface area (TPSA) is 76.2 Å². The molecule has 0 radical (unpaired) electrons. The van der Waals surface area contributed by atoms with Gasteiger partial charge >= 0.3 is 5.97 Å². The minimum absolute atomic E-state index is 0.103. The Morgan fingerprint density at radius 1 is 1.47 bits per heavy atom. The maximum Gasteiger partial charge on any atom is 0.357 e. The van der Waals surface area contributed by atoms with Crippen molar-refractivity contribution in [3.63, 3.8) is 0 Å². The molecule has 0 aliphatic heterocycles. The fourth-order valence-corrected chi connectivity index (χ4v) is 1.58. The highest BCUT2D eigenvalue weighted by molar-refractivity contribution is 7.99. The normalized spacial score (nSPS) is 10.1. The molecule has 2 aromatic rings. The summed E-state index contributed by atoms with van der Waals surface area (Å²) in [5, 5.41) is 9.59. The Labute approximate surface area is 89.2 Å². The van der Waals surface area contributed by atoms with Crippen molar-refractivity contribution in [3.05, 3.63) is 36.4 Å².